The van der Waals surface area contributed by atoms with Crippen molar-refractivity contribution in [3.63, 3.8) is 0 Å². The van der Waals surface area contributed by atoms with Crippen LogP contribution in [0.2, 0.25) is 5.02 Å². The van der Waals surface area contributed by atoms with E-state index >= 15 is 0 Å². The molecular formula is C22H21BrClN3O5S. The lowest BCUT2D eigenvalue weighted by molar-refractivity contribution is -0.137. The van der Waals surface area contributed by atoms with Crippen LogP contribution in [-0.2, 0) is 27.8 Å². The number of sulfonamides is 1. The molecular weight excluding hydrogens is 534 g/mol. The molecule has 174 valence electrons. The molecule has 1 heterocycles. The van der Waals surface area contributed by atoms with E-state index in [1.54, 1.807) is 18.3 Å². The number of nitrogens with zero attached hydrogens (tertiary/aromatic N) is 3. The van der Waals surface area contributed by atoms with Crippen LogP contribution < -0.4 is 4.74 Å². The van der Waals surface area contributed by atoms with Crippen LogP contribution >= 0.6 is 27.5 Å². The molecule has 1 aliphatic rings. The predicted molar refractivity (Wildman–Crippen MR) is 126 cm³/mol. The maximum atomic E-state index is 13.4. The molecule has 0 fully saturated rings. The number of carboxylic acids is 1. The first kappa shape index (κ1) is 23.7. The quantitative estimate of drug-likeness (QED) is 0.447. The third kappa shape index (κ3) is 4.93. The van der Waals surface area contributed by atoms with Gasteiger partial charge in [-0.2, -0.15) is 9.40 Å². The molecule has 1 unspecified atom stereocenters. The van der Waals surface area contributed by atoms with Crippen molar-refractivity contribution in [1.29, 1.82) is 0 Å². The zero-order valence-corrected chi connectivity index (χ0v) is 20.8. The summed E-state index contributed by atoms with van der Waals surface area (Å²) in [6.07, 6.45) is 3.56. The van der Waals surface area contributed by atoms with Crippen LogP contribution in [0.15, 0.2) is 58.0 Å². The number of aromatic nitrogens is 2. The summed E-state index contributed by atoms with van der Waals surface area (Å²) < 4.78 is 36.2. The van der Waals surface area contributed by atoms with Crippen molar-refractivity contribution in [1.82, 2.24) is 14.1 Å². The van der Waals surface area contributed by atoms with E-state index in [0.29, 0.717) is 24.3 Å². The monoisotopic (exact) mass is 553 g/mol. The highest BCUT2D eigenvalue weighted by atomic mass is 79.9. The Bertz CT molecular complexity index is 1290. The Morgan fingerprint density at radius 2 is 2.03 bits per heavy atom. The third-order valence-electron chi connectivity index (χ3n) is 5.58. The predicted octanol–water partition coefficient (Wildman–Crippen LogP) is 4.87. The molecule has 0 saturated carbocycles. The number of carbonyl (C=O) groups is 1. The summed E-state index contributed by atoms with van der Waals surface area (Å²) >= 11 is 9.71. The summed E-state index contributed by atoms with van der Waals surface area (Å²) in [5, 5.41) is 13.4. The highest BCUT2D eigenvalue weighted by Crippen LogP contribution is 2.38. The first-order valence-electron chi connectivity index (χ1n) is 10.1. The van der Waals surface area contributed by atoms with Crippen LogP contribution in [0.5, 0.6) is 11.5 Å². The van der Waals surface area contributed by atoms with E-state index in [1.807, 2.05) is 12.1 Å². The molecule has 0 saturated heterocycles. The van der Waals surface area contributed by atoms with Gasteiger partial charge in [0.15, 0.2) is 0 Å². The van der Waals surface area contributed by atoms with Crippen molar-refractivity contribution >= 4 is 43.5 Å². The maximum Gasteiger partial charge on any atom is 0.325 e. The number of halogens is 2. The number of fused-ring (bicyclic) bond motifs is 1. The smallest absolute Gasteiger partial charge is 0.325 e. The van der Waals surface area contributed by atoms with Crippen molar-refractivity contribution in [3.05, 3.63) is 69.4 Å². The molecule has 1 aromatic heterocycles. The van der Waals surface area contributed by atoms with E-state index in [-0.39, 0.29) is 16.5 Å². The standard InChI is InChI=1S/C22H21BrClN3O5S/c1-26(19-3-2-4-20-17(19)12-25-27(20)13-22(28)29)33(30,31)16-9-10-21(18(24)11-16)32-15-7-5-14(23)6-8-15/h5-12,19H,2-4,13H2,1H3,(H,28,29). The van der Waals surface area contributed by atoms with E-state index in [2.05, 4.69) is 21.0 Å². The number of hydrogen-bond acceptors (Lipinski definition) is 5. The lowest BCUT2D eigenvalue weighted by Gasteiger charge is -2.31. The molecule has 4 rings (SSSR count). The van der Waals surface area contributed by atoms with Crippen LogP contribution in [0.3, 0.4) is 0 Å². The summed E-state index contributed by atoms with van der Waals surface area (Å²) in [6, 6.07) is 11.1. The van der Waals surface area contributed by atoms with Crippen LogP contribution in [-0.4, -0.2) is 40.6 Å². The number of ether oxygens (including phenoxy) is 1. The van der Waals surface area contributed by atoms with Gasteiger partial charge in [-0.25, -0.2) is 8.42 Å². The van der Waals surface area contributed by atoms with Gasteiger partial charge < -0.3 is 9.84 Å². The van der Waals surface area contributed by atoms with Crippen molar-refractivity contribution < 1.29 is 23.1 Å². The van der Waals surface area contributed by atoms with Gasteiger partial charge in [-0.3, -0.25) is 9.48 Å². The summed E-state index contributed by atoms with van der Waals surface area (Å²) in [5.74, 6) is -0.0829. The van der Waals surface area contributed by atoms with Gasteiger partial charge in [-0.05, 0) is 61.7 Å². The Hall–Kier alpha value is -2.40. The number of rotatable bonds is 7. The number of carboxylic acid groups (broad SMARTS) is 1. The molecule has 33 heavy (non-hydrogen) atoms. The van der Waals surface area contributed by atoms with Crippen molar-refractivity contribution in [2.45, 2.75) is 36.7 Å². The third-order valence-corrected chi connectivity index (χ3v) is 8.26. The molecule has 0 aliphatic heterocycles. The normalized spacial score (nSPS) is 15.9. The molecule has 3 aromatic rings. The van der Waals surface area contributed by atoms with Crippen LogP contribution in [0.4, 0.5) is 0 Å². The van der Waals surface area contributed by atoms with Gasteiger partial charge in [0.25, 0.3) is 0 Å². The van der Waals surface area contributed by atoms with Gasteiger partial charge in [0, 0.05) is 22.8 Å². The van der Waals surface area contributed by atoms with E-state index in [4.69, 9.17) is 21.4 Å². The van der Waals surface area contributed by atoms with E-state index in [9.17, 15) is 13.2 Å². The molecule has 1 N–H and O–H groups in total. The Kier molecular flexibility index (Phi) is 6.81. The van der Waals surface area contributed by atoms with Gasteiger partial charge in [-0.1, -0.05) is 27.5 Å². The van der Waals surface area contributed by atoms with Gasteiger partial charge in [0.1, 0.15) is 18.0 Å². The summed E-state index contributed by atoms with van der Waals surface area (Å²) in [5.41, 5.74) is 1.49. The minimum atomic E-state index is -3.88. The number of benzene rings is 2. The maximum absolute atomic E-state index is 13.4. The lowest BCUT2D eigenvalue weighted by Crippen LogP contribution is -2.33. The molecule has 0 bridgehead atoms. The Labute approximate surface area is 204 Å². The number of hydrogen-bond donors (Lipinski definition) is 1. The minimum absolute atomic E-state index is 0.0446. The fraction of sp³-hybridized carbons (Fsp3) is 0.273. The summed E-state index contributed by atoms with van der Waals surface area (Å²) in [6.45, 7) is -0.256. The molecule has 8 nitrogen and oxygen atoms in total. The topological polar surface area (TPSA) is 102 Å². The molecule has 2 aromatic carbocycles. The summed E-state index contributed by atoms with van der Waals surface area (Å²) in [4.78, 5) is 11.2. The molecule has 11 heteroatoms. The van der Waals surface area contributed by atoms with Crippen molar-refractivity contribution in [2.75, 3.05) is 7.05 Å². The Morgan fingerprint density at radius 1 is 1.30 bits per heavy atom. The average molecular weight is 555 g/mol. The highest BCUT2D eigenvalue weighted by Gasteiger charge is 2.34. The van der Waals surface area contributed by atoms with Gasteiger partial charge in [0.2, 0.25) is 10.0 Å². The molecule has 0 radical (unpaired) electrons. The highest BCUT2D eigenvalue weighted by molar-refractivity contribution is 9.10. The largest absolute Gasteiger partial charge is 0.480 e. The van der Waals surface area contributed by atoms with Crippen LogP contribution in [0.1, 0.15) is 30.1 Å². The summed E-state index contributed by atoms with van der Waals surface area (Å²) in [7, 11) is -2.36. The SMILES string of the molecule is CN(C1CCCc2c1cnn2CC(=O)O)S(=O)(=O)c1ccc(Oc2ccc(Br)cc2)c(Cl)c1. The van der Waals surface area contributed by atoms with E-state index < -0.39 is 22.0 Å². The van der Waals surface area contributed by atoms with Gasteiger partial charge >= 0.3 is 5.97 Å². The minimum Gasteiger partial charge on any atom is -0.480 e. The Morgan fingerprint density at radius 3 is 2.70 bits per heavy atom. The lowest BCUT2D eigenvalue weighted by atomic mass is 9.93. The zero-order chi connectivity index (χ0) is 23.8. The van der Waals surface area contributed by atoms with E-state index in [0.717, 1.165) is 22.2 Å². The van der Waals surface area contributed by atoms with Gasteiger partial charge in [-0.15, -0.1) is 0 Å². The number of aliphatic carboxylic acids is 1. The second-order valence-corrected chi connectivity index (χ2v) is 11.0. The van der Waals surface area contributed by atoms with Crippen molar-refractivity contribution in [2.24, 2.45) is 0 Å². The zero-order valence-electron chi connectivity index (χ0n) is 17.6. The molecule has 1 aliphatic carbocycles. The first-order valence-corrected chi connectivity index (χ1v) is 12.8. The van der Waals surface area contributed by atoms with Crippen LogP contribution in [0.25, 0.3) is 0 Å². The molecule has 0 amide bonds. The average Bonchev–Trinajstić information content (AvgIpc) is 3.18. The van der Waals surface area contributed by atoms with Crippen LogP contribution in [0, 0.1) is 0 Å². The van der Waals surface area contributed by atoms with E-state index in [1.165, 1.54) is 34.2 Å². The molecule has 0 spiro atoms. The van der Waals surface area contributed by atoms with Crippen molar-refractivity contribution in [3.8, 4) is 11.5 Å². The fourth-order valence-corrected chi connectivity index (χ4v) is 5.87. The van der Waals surface area contributed by atoms with Gasteiger partial charge in [0.05, 0.1) is 22.2 Å². The fourth-order valence-electron chi connectivity index (χ4n) is 3.93. The molecule has 1 atom stereocenters. The second kappa shape index (κ2) is 9.46. The first-order chi connectivity index (χ1) is 15.7. The second-order valence-electron chi connectivity index (χ2n) is 7.68. The Balaban J connectivity index is 1.58.